The van der Waals surface area contributed by atoms with Crippen molar-refractivity contribution >= 4 is 38.8 Å². The lowest BCUT2D eigenvalue weighted by molar-refractivity contribution is 0.234. The summed E-state index contributed by atoms with van der Waals surface area (Å²) in [6.45, 7) is 5.43. The van der Waals surface area contributed by atoms with Crippen molar-refractivity contribution in [3.05, 3.63) is 28.2 Å². The number of nitrogens with two attached hydrogens (primary N) is 1. The van der Waals surface area contributed by atoms with Gasteiger partial charge in [0.1, 0.15) is 4.99 Å². The molecule has 0 amide bonds. The maximum atomic E-state index is 5.64. The van der Waals surface area contributed by atoms with E-state index in [-0.39, 0.29) is 0 Å². The molecule has 18 heavy (non-hydrogen) atoms. The van der Waals surface area contributed by atoms with Crippen LogP contribution < -0.4 is 10.6 Å². The molecule has 0 aliphatic carbocycles. The summed E-state index contributed by atoms with van der Waals surface area (Å²) in [5.74, 6) is 0. The van der Waals surface area contributed by atoms with Gasteiger partial charge in [-0.3, -0.25) is 0 Å². The number of likely N-dealkylation sites (N-methyl/N-ethyl adjacent to an activating group) is 1. The van der Waals surface area contributed by atoms with Crippen LogP contribution in [0.5, 0.6) is 0 Å². The van der Waals surface area contributed by atoms with Crippen LogP contribution in [-0.4, -0.2) is 42.6 Å². The van der Waals surface area contributed by atoms with E-state index in [1.807, 2.05) is 12.1 Å². The second-order valence-corrected chi connectivity index (χ2v) is 6.10. The van der Waals surface area contributed by atoms with Gasteiger partial charge in [-0.1, -0.05) is 12.2 Å². The normalized spacial score (nSPS) is 21.1. The summed E-state index contributed by atoms with van der Waals surface area (Å²) >= 11 is 8.61. The molecule has 1 unspecified atom stereocenters. The Hall–Kier alpha value is -0.650. The molecule has 0 spiro atoms. The van der Waals surface area contributed by atoms with Crippen LogP contribution in [-0.2, 0) is 0 Å². The number of nitrogens with zero attached hydrogens (tertiary/aromatic N) is 2. The van der Waals surface area contributed by atoms with E-state index in [9.17, 15) is 0 Å². The maximum absolute atomic E-state index is 5.64. The number of anilines is 1. The molecule has 3 nitrogen and oxygen atoms in total. The molecule has 0 bridgehead atoms. The van der Waals surface area contributed by atoms with Crippen LogP contribution in [0.25, 0.3) is 0 Å². The fourth-order valence-corrected chi connectivity index (χ4v) is 2.94. The number of thiocarbonyl (C=S) groups is 1. The number of piperazine rings is 1. The summed E-state index contributed by atoms with van der Waals surface area (Å²) in [5.41, 5.74) is 7.76. The van der Waals surface area contributed by atoms with Crippen molar-refractivity contribution in [2.24, 2.45) is 5.73 Å². The monoisotopic (exact) mass is 327 g/mol. The second-order valence-electron chi connectivity index (χ2n) is 4.81. The first kappa shape index (κ1) is 13.8. The van der Waals surface area contributed by atoms with Crippen molar-refractivity contribution in [1.82, 2.24) is 4.90 Å². The minimum Gasteiger partial charge on any atom is -0.389 e. The molecule has 1 fully saturated rings. The molecule has 1 aliphatic rings. The zero-order chi connectivity index (χ0) is 13.3. The van der Waals surface area contributed by atoms with Crippen LogP contribution in [0.3, 0.4) is 0 Å². The molecule has 1 atom stereocenters. The molecule has 0 saturated carbocycles. The van der Waals surface area contributed by atoms with Gasteiger partial charge in [0.2, 0.25) is 0 Å². The van der Waals surface area contributed by atoms with E-state index < -0.39 is 0 Å². The van der Waals surface area contributed by atoms with Crippen LogP contribution in [0.1, 0.15) is 12.5 Å². The largest absolute Gasteiger partial charge is 0.389 e. The van der Waals surface area contributed by atoms with Crippen molar-refractivity contribution in [1.29, 1.82) is 0 Å². The Bertz CT molecular complexity index is 464. The van der Waals surface area contributed by atoms with Gasteiger partial charge in [-0.2, -0.15) is 0 Å². The Balaban J connectivity index is 2.21. The predicted octanol–water partition coefficient (Wildman–Crippen LogP) is 2.22. The Labute approximate surface area is 122 Å². The average molecular weight is 328 g/mol. The first-order chi connectivity index (χ1) is 8.49. The van der Waals surface area contributed by atoms with Gasteiger partial charge in [-0.05, 0) is 48.1 Å². The molecule has 5 heteroatoms. The highest BCUT2D eigenvalue weighted by Crippen LogP contribution is 2.29. The molecule has 0 radical (unpaired) electrons. The Morgan fingerprint density at radius 2 is 2.17 bits per heavy atom. The number of rotatable bonds is 2. The summed E-state index contributed by atoms with van der Waals surface area (Å²) in [5, 5.41) is 0. The van der Waals surface area contributed by atoms with Gasteiger partial charge in [0.05, 0.1) is 5.69 Å². The molecule has 1 aromatic rings. The van der Waals surface area contributed by atoms with Crippen LogP contribution >= 0.6 is 28.1 Å². The average Bonchev–Trinajstić information content (AvgIpc) is 2.32. The number of hydrogen-bond donors (Lipinski definition) is 1. The van der Waals surface area contributed by atoms with Crippen molar-refractivity contribution in [2.45, 2.75) is 13.0 Å². The molecule has 1 heterocycles. The third kappa shape index (κ3) is 2.84. The summed E-state index contributed by atoms with van der Waals surface area (Å²) in [6, 6.07) is 6.66. The van der Waals surface area contributed by atoms with E-state index in [0.717, 1.165) is 29.7 Å². The van der Waals surface area contributed by atoms with Crippen LogP contribution in [0.4, 0.5) is 5.69 Å². The summed E-state index contributed by atoms with van der Waals surface area (Å²) < 4.78 is 1.06. The van der Waals surface area contributed by atoms with E-state index in [1.54, 1.807) is 0 Å². The van der Waals surface area contributed by atoms with Gasteiger partial charge in [0, 0.05) is 35.7 Å². The molecule has 1 aromatic carbocycles. The maximum Gasteiger partial charge on any atom is 0.104 e. The highest BCUT2D eigenvalue weighted by Gasteiger charge is 2.22. The summed E-state index contributed by atoms with van der Waals surface area (Å²) in [7, 11) is 2.17. The first-order valence-corrected chi connectivity index (χ1v) is 7.23. The predicted molar refractivity (Wildman–Crippen MR) is 84.3 cm³/mol. The van der Waals surface area contributed by atoms with Gasteiger partial charge in [0.25, 0.3) is 0 Å². The topological polar surface area (TPSA) is 32.5 Å². The lowest BCUT2D eigenvalue weighted by atomic mass is 10.1. The Kier molecular flexibility index (Phi) is 4.25. The molecular weight excluding hydrogens is 310 g/mol. The van der Waals surface area contributed by atoms with E-state index in [1.165, 1.54) is 5.69 Å². The number of hydrogen-bond acceptors (Lipinski definition) is 3. The van der Waals surface area contributed by atoms with Gasteiger partial charge in [-0.15, -0.1) is 0 Å². The third-order valence-electron chi connectivity index (χ3n) is 3.53. The quantitative estimate of drug-likeness (QED) is 0.844. The Morgan fingerprint density at radius 3 is 2.72 bits per heavy atom. The Morgan fingerprint density at radius 1 is 1.44 bits per heavy atom. The molecule has 1 aliphatic heterocycles. The fourth-order valence-electron chi connectivity index (χ4n) is 2.18. The first-order valence-electron chi connectivity index (χ1n) is 6.03. The van der Waals surface area contributed by atoms with Gasteiger partial charge >= 0.3 is 0 Å². The lowest BCUT2D eigenvalue weighted by Gasteiger charge is -2.39. The van der Waals surface area contributed by atoms with E-state index in [0.29, 0.717) is 11.0 Å². The van der Waals surface area contributed by atoms with Gasteiger partial charge in [0.15, 0.2) is 0 Å². The van der Waals surface area contributed by atoms with E-state index in [4.69, 9.17) is 18.0 Å². The lowest BCUT2D eigenvalue weighted by Crippen LogP contribution is -2.50. The third-order valence-corrected chi connectivity index (χ3v) is 4.40. The zero-order valence-corrected chi connectivity index (χ0v) is 13.1. The smallest absolute Gasteiger partial charge is 0.104 e. The van der Waals surface area contributed by atoms with Crippen molar-refractivity contribution in [3.8, 4) is 0 Å². The molecule has 2 rings (SSSR count). The van der Waals surface area contributed by atoms with Crippen LogP contribution in [0.15, 0.2) is 22.7 Å². The minimum atomic E-state index is 0.439. The molecule has 0 aromatic heterocycles. The van der Waals surface area contributed by atoms with Crippen LogP contribution in [0.2, 0.25) is 0 Å². The molecule has 2 N–H and O–H groups in total. The SMILES string of the molecule is CC1CN(c2ccc(C(N)=S)cc2Br)CCN1C. The molecule has 98 valence electrons. The van der Waals surface area contributed by atoms with Crippen molar-refractivity contribution in [3.63, 3.8) is 0 Å². The summed E-state index contributed by atoms with van der Waals surface area (Å²) in [4.78, 5) is 5.22. The van der Waals surface area contributed by atoms with Crippen molar-refractivity contribution < 1.29 is 0 Å². The fraction of sp³-hybridized carbons (Fsp3) is 0.462. The van der Waals surface area contributed by atoms with Crippen molar-refractivity contribution in [2.75, 3.05) is 31.6 Å². The zero-order valence-electron chi connectivity index (χ0n) is 10.7. The molecular formula is C13H18BrN3S. The second kappa shape index (κ2) is 5.55. The number of halogens is 1. The standard InChI is InChI=1S/C13H18BrN3S/c1-9-8-17(6-5-16(9)2)12-4-3-10(13(15)18)7-11(12)14/h3-4,7,9H,5-6,8H2,1-2H3,(H2,15,18). The van der Waals surface area contributed by atoms with E-state index >= 15 is 0 Å². The summed E-state index contributed by atoms with van der Waals surface area (Å²) in [6.07, 6.45) is 0. The highest BCUT2D eigenvalue weighted by atomic mass is 79.9. The van der Waals surface area contributed by atoms with Gasteiger partial charge in [-0.25, -0.2) is 0 Å². The van der Waals surface area contributed by atoms with Gasteiger partial charge < -0.3 is 15.5 Å². The minimum absolute atomic E-state index is 0.439. The number of benzene rings is 1. The van der Waals surface area contributed by atoms with E-state index in [2.05, 4.69) is 45.8 Å². The highest BCUT2D eigenvalue weighted by molar-refractivity contribution is 9.10. The molecule has 1 saturated heterocycles. The van der Waals surface area contributed by atoms with Crippen LogP contribution in [0, 0.1) is 0 Å².